The van der Waals surface area contributed by atoms with E-state index in [0.717, 1.165) is 5.56 Å². The first-order valence-electron chi connectivity index (χ1n) is 5.74. The fraction of sp³-hybridized carbons (Fsp3) is 0.500. The Hall–Kier alpha value is -1.66. The topological polar surface area (TPSA) is 108 Å². The number of nitrogens with two attached hydrogens (primary N) is 1. The van der Waals surface area contributed by atoms with Crippen molar-refractivity contribution in [3.8, 4) is 0 Å². The van der Waals surface area contributed by atoms with Crippen LogP contribution in [0.25, 0.3) is 0 Å². The Bertz CT molecular complexity index is 423. The number of carbonyl (C=O) groups excluding carboxylic acids is 1. The molecule has 0 fully saturated rings. The summed E-state index contributed by atoms with van der Waals surface area (Å²) >= 11 is 0. The molecular formula is C12H19N3O3. The van der Waals surface area contributed by atoms with E-state index in [1.165, 1.54) is 6.92 Å². The van der Waals surface area contributed by atoms with E-state index in [2.05, 4.69) is 10.3 Å². The molecule has 1 aromatic rings. The number of rotatable bonds is 5. The van der Waals surface area contributed by atoms with Crippen LogP contribution in [-0.2, 0) is 4.79 Å². The molecule has 5 N–H and O–H groups in total. The molecule has 6 heteroatoms. The number of aliphatic hydroxyl groups excluding tert-OH is 2. The Morgan fingerprint density at radius 1 is 1.56 bits per heavy atom. The summed E-state index contributed by atoms with van der Waals surface area (Å²) in [5.41, 5.74) is 7.23. The van der Waals surface area contributed by atoms with Crippen LogP contribution >= 0.6 is 0 Å². The first kappa shape index (κ1) is 14.4. The fourth-order valence-corrected chi connectivity index (χ4v) is 1.59. The minimum Gasteiger partial charge on any atom is -0.397 e. The van der Waals surface area contributed by atoms with Crippen LogP contribution in [0, 0.1) is 6.92 Å². The number of carbonyl (C=O) groups is 1. The predicted molar refractivity (Wildman–Crippen MR) is 67.7 cm³/mol. The second kappa shape index (κ2) is 6.32. The van der Waals surface area contributed by atoms with Crippen LogP contribution < -0.4 is 11.1 Å². The van der Waals surface area contributed by atoms with E-state index in [1.807, 2.05) is 6.92 Å². The van der Waals surface area contributed by atoms with Gasteiger partial charge in [-0.1, -0.05) is 0 Å². The minimum atomic E-state index is -1.15. The van der Waals surface area contributed by atoms with E-state index >= 15 is 0 Å². The van der Waals surface area contributed by atoms with E-state index in [9.17, 15) is 15.0 Å². The van der Waals surface area contributed by atoms with Gasteiger partial charge in [-0.15, -0.1) is 0 Å². The molecule has 6 nitrogen and oxygen atoms in total. The average molecular weight is 253 g/mol. The lowest BCUT2D eigenvalue weighted by Crippen LogP contribution is -2.28. The van der Waals surface area contributed by atoms with Crippen LogP contribution in [0.3, 0.4) is 0 Å². The van der Waals surface area contributed by atoms with Crippen molar-refractivity contribution in [2.75, 3.05) is 12.3 Å². The van der Waals surface area contributed by atoms with Crippen LogP contribution in [0.5, 0.6) is 0 Å². The number of nitrogen functional groups attached to an aromatic ring is 1. The Balaban J connectivity index is 2.62. The van der Waals surface area contributed by atoms with Gasteiger partial charge in [0.25, 0.3) is 0 Å². The largest absolute Gasteiger partial charge is 0.397 e. The van der Waals surface area contributed by atoms with Gasteiger partial charge in [0.2, 0.25) is 5.91 Å². The highest BCUT2D eigenvalue weighted by molar-refractivity contribution is 5.72. The van der Waals surface area contributed by atoms with Crippen LogP contribution in [0.15, 0.2) is 12.3 Å². The number of aromatic nitrogens is 1. The van der Waals surface area contributed by atoms with E-state index in [0.29, 0.717) is 12.2 Å². The number of nitrogens with one attached hydrogen (secondary N) is 1. The minimum absolute atomic E-state index is 0.176. The van der Waals surface area contributed by atoms with Gasteiger partial charge in [0.1, 0.15) is 6.10 Å². The average Bonchev–Trinajstić information content (AvgIpc) is 2.27. The second-order valence-corrected chi connectivity index (χ2v) is 4.27. The summed E-state index contributed by atoms with van der Waals surface area (Å²) < 4.78 is 0. The van der Waals surface area contributed by atoms with Crippen molar-refractivity contribution in [3.63, 3.8) is 0 Å². The van der Waals surface area contributed by atoms with Crippen molar-refractivity contribution in [1.82, 2.24) is 10.3 Å². The number of amides is 1. The normalized spacial score (nSPS) is 14.0. The van der Waals surface area contributed by atoms with Crippen molar-refractivity contribution in [2.24, 2.45) is 0 Å². The number of hydrogen-bond acceptors (Lipinski definition) is 5. The first-order valence-corrected chi connectivity index (χ1v) is 5.74. The van der Waals surface area contributed by atoms with Gasteiger partial charge in [0.15, 0.2) is 0 Å². The quantitative estimate of drug-likeness (QED) is 0.585. The number of aryl methyl sites for hydroxylation is 1. The Kier molecular flexibility index (Phi) is 5.06. The molecule has 1 rings (SSSR count). The summed E-state index contributed by atoms with van der Waals surface area (Å²) in [7, 11) is 0. The molecule has 0 saturated heterocycles. The van der Waals surface area contributed by atoms with Crippen LogP contribution in [0.4, 0.5) is 5.69 Å². The molecule has 0 spiro atoms. The number of pyridine rings is 1. The third-order valence-corrected chi connectivity index (χ3v) is 2.54. The SMILES string of the molecule is CC(=O)NCCC(O)C(O)c1ncc(C)cc1N. The zero-order valence-corrected chi connectivity index (χ0v) is 10.6. The molecule has 2 unspecified atom stereocenters. The summed E-state index contributed by atoms with van der Waals surface area (Å²) in [5, 5.41) is 22.2. The van der Waals surface area contributed by atoms with E-state index < -0.39 is 12.2 Å². The molecule has 0 aliphatic rings. The molecule has 1 amide bonds. The van der Waals surface area contributed by atoms with Gasteiger partial charge in [-0.2, -0.15) is 0 Å². The van der Waals surface area contributed by atoms with Crippen molar-refractivity contribution in [1.29, 1.82) is 0 Å². The van der Waals surface area contributed by atoms with Gasteiger partial charge >= 0.3 is 0 Å². The molecule has 0 saturated carbocycles. The standard InChI is InChI=1S/C12H19N3O3/c1-7-5-9(13)11(15-6-7)12(18)10(17)3-4-14-8(2)16/h5-6,10,12,17-18H,3-4,13H2,1-2H3,(H,14,16). The second-order valence-electron chi connectivity index (χ2n) is 4.27. The lowest BCUT2D eigenvalue weighted by molar-refractivity contribution is -0.119. The van der Waals surface area contributed by atoms with Crippen LogP contribution in [0.2, 0.25) is 0 Å². The van der Waals surface area contributed by atoms with Crippen molar-refractivity contribution in [3.05, 3.63) is 23.5 Å². The maximum absolute atomic E-state index is 10.7. The van der Waals surface area contributed by atoms with Gasteiger partial charge < -0.3 is 21.3 Å². The highest BCUT2D eigenvalue weighted by Gasteiger charge is 2.21. The maximum atomic E-state index is 10.7. The molecule has 0 aliphatic heterocycles. The highest BCUT2D eigenvalue weighted by atomic mass is 16.3. The summed E-state index contributed by atoms with van der Waals surface area (Å²) in [6.45, 7) is 3.52. The summed E-state index contributed by atoms with van der Waals surface area (Å²) in [4.78, 5) is 14.7. The van der Waals surface area contributed by atoms with Crippen molar-refractivity contribution >= 4 is 11.6 Å². The molecular weight excluding hydrogens is 234 g/mol. The van der Waals surface area contributed by atoms with Gasteiger partial charge in [0.05, 0.1) is 17.5 Å². The van der Waals surface area contributed by atoms with E-state index in [1.54, 1.807) is 12.3 Å². The lowest BCUT2D eigenvalue weighted by Gasteiger charge is -2.18. The van der Waals surface area contributed by atoms with Gasteiger partial charge in [-0.3, -0.25) is 9.78 Å². The highest BCUT2D eigenvalue weighted by Crippen LogP contribution is 2.22. The molecule has 18 heavy (non-hydrogen) atoms. The lowest BCUT2D eigenvalue weighted by atomic mass is 10.0. The number of aliphatic hydroxyl groups is 2. The van der Waals surface area contributed by atoms with Crippen molar-refractivity contribution in [2.45, 2.75) is 32.5 Å². The third kappa shape index (κ3) is 3.97. The Morgan fingerprint density at radius 2 is 2.22 bits per heavy atom. The molecule has 0 aliphatic carbocycles. The van der Waals surface area contributed by atoms with Gasteiger partial charge in [0, 0.05) is 19.7 Å². The Morgan fingerprint density at radius 3 is 2.78 bits per heavy atom. The predicted octanol–water partition coefficient (Wildman–Crippen LogP) is -0.107. The molecule has 1 heterocycles. The number of hydrogen-bond donors (Lipinski definition) is 4. The zero-order chi connectivity index (χ0) is 13.7. The fourth-order valence-electron chi connectivity index (χ4n) is 1.59. The smallest absolute Gasteiger partial charge is 0.216 e. The summed E-state index contributed by atoms with van der Waals surface area (Å²) in [5.74, 6) is -0.176. The molecule has 2 atom stereocenters. The third-order valence-electron chi connectivity index (χ3n) is 2.54. The maximum Gasteiger partial charge on any atom is 0.216 e. The van der Waals surface area contributed by atoms with E-state index in [-0.39, 0.29) is 18.0 Å². The molecule has 0 bridgehead atoms. The van der Waals surface area contributed by atoms with Gasteiger partial charge in [-0.05, 0) is 25.0 Å². The van der Waals surface area contributed by atoms with E-state index in [4.69, 9.17) is 5.73 Å². The molecule has 1 aromatic heterocycles. The molecule has 0 aromatic carbocycles. The Labute approximate surface area is 106 Å². The number of nitrogens with zero attached hydrogens (tertiary/aromatic N) is 1. The monoisotopic (exact) mass is 253 g/mol. The van der Waals surface area contributed by atoms with Crippen LogP contribution in [-0.4, -0.2) is 33.8 Å². The number of anilines is 1. The van der Waals surface area contributed by atoms with Gasteiger partial charge in [-0.25, -0.2) is 0 Å². The van der Waals surface area contributed by atoms with Crippen LogP contribution in [0.1, 0.15) is 30.7 Å². The molecule has 100 valence electrons. The molecule has 0 radical (unpaired) electrons. The van der Waals surface area contributed by atoms with Crippen molar-refractivity contribution < 1.29 is 15.0 Å². The zero-order valence-electron chi connectivity index (χ0n) is 10.6. The summed E-state index contributed by atoms with van der Waals surface area (Å²) in [6.07, 6.45) is -0.362. The first-order chi connectivity index (χ1) is 8.41. The summed E-state index contributed by atoms with van der Waals surface area (Å²) in [6, 6.07) is 1.69.